The lowest BCUT2D eigenvalue weighted by Gasteiger charge is -2.29. The molecule has 0 aliphatic heterocycles. The zero-order valence-electron chi connectivity index (χ0n) is 11.9. The Kier molecular flexibility index (Phi) is 6.72. The summed E-state index contributed by atoms with van der Waals surface area (Å²) in [6.07, 6.45) is 7.49. The molecule has 1 saturated carbocycles. The zero-order valence-corrected chi connectivity index (χ0v) is 15.9. The van der Waals surface area contributed by atoms with E-state index in [0.29, 0.717) is 6.04 Å². The van der Waals surface area contributed by atoms with Gasteiger partial charge in [-0.25, -0.2) is 0 Å². The Morgan fingerprint density at radius 1 is 1.35 bits per heavy atom. The minimum atomic E-state index is 0.628. The van der Waals surface area contributed by atoms with Crippen molar-refractivity contribution in [3.8, 4) is 5.75 Å². The Labute approximate surface area is 142 Å². The van der Waals surface area contributed by atoms with Gasteiger partial charge in [-0.2, -0.15) is 11.8 Å². The van der Waals surface area contributed by atoms with Crippen molar-refractivity contribution in [2.24, 2.45) is 0 Å². The first-order chi connectivity index (χ1) is 9.63. The molecule has 0 aromatic heterocycles. The molecule has 2 unspecified atom stereocenters. The molecule has 0 amide bonds. The van der Waals surface area contributed by atoms with Gasteiger partial charge in [0.05, 0.1) is 11.6 Å². The lowest BCUT2D eigenvalue weighted by Crippen LogP contribution is -2.34. The fourth-order valence-electron chi connectivity index (χ4n) is 2.77. The molecule has 1 aromatic carbocycles. The molecule has 0 spiro atoms. The van der Waals surface area contributed by atoms with Gasteiger partial charge in [0.2, 0.25) is 0 Å². The predicted octanol–water partition coefficient (Wildman–Crippen LogP) is 4.98. The first-order valence-corrected chi connectivity index (χ1v) is 9.79. The van der Waals surface area contributed by atoms with Crippen LogP contribution in [0.1, 0.15) is 31.2 Å². The summed E-state index contributed by atoms with van der Waals surface area (Å²) < 4.78 is 7.58. The first-order valence-electron chi connectivity index (χ1n) is 6.92. The summed E-state index contributed by atoms with van der Waals surface area (Å²) in [6, 6.07) is 4.78. The highest BCUT2D eigenvalue weighted by Gasteiger charge is 2.21. The van der Waals surface area contributed by atoms with Crippen molar-refractivity contribution >= 4 is 43.6 Å². The molecule has 1 N–H and O–H groups in total. The third-order valence-electron chi connectivity index (χ3n) is 3.83. The molecule has 0 heterocycles. The average molecular weight is 423 g/mol. The number of methoxy groups -OCH3 is 1. The quantitative estimate of drug-likeness (QED) is 0.722. The standard InChI is InChI=1S/C15H21Br2NOS/c1-19-15-10(6-11(16)7-14(15)17)9-18-12-4-3-5-13(8-12)20-2/h6-7,12-13,18H,3-5,8-9H2,1-2H3. The number of hydrogen-bond donors (Lipinski definition) is 1. The van der Waals surface area contributed by atoms with Crippen LogP contribution in [0.25, 0.3) is 0 Å². The normalized spacial score (nSPS) is 22.8. The molecule has 1 fully saturated rings. The molecule has 112 valence electrons. The lowest BCUT2D eigenvalue weighted by atomic mass is 9.95. The van der Waals surface area contributed by atoms with Crippen molar-refractivity contribution in [3.05, 3.63) is 26.6 Å². The molecule has 1 aromatic rings. The summed E-state index contributed by atoms with van der Waals surface area (Å²) in [5, 5.41) is 4.51. The van der Waals surface area contributed by atoms with Crippen molar-refractivity contribution in [1.29, 1.82) is 0 Å². The van der Waals surface area contributed by atoms with E-state index < -0.39 is 0 Å². The fourth-order valence-corrected chi connectivity index (χ4v) is 5.07. The van der Waals surface area contributed by atoms with Gasteiger partial charge in [0, 0.05) is 27.9 Å². The number of ether oxygens (including phenoxy) is 1. The van der Waals surface area contributed by atoms with E-state index in [1.54, 1.807) is 7.11 Å². The Bertz CT molecular complexity index is 456. The van der Waals surface area contributed by atoms with Gasteiger partial charge in [-0.1, -0.05) is 22.4 Å². The summed E-state index contributed by atoms with van der Waals surface area (Å²) in [6.45, 7) is 0.854. The molecule has 2 rings (SSSR count). The number of hydrogen-bond acceptors (Lipinski definition) is 3. The highest BCUT2D eigenvalue weighted by molar-refractivity contribution is 9.11. The summed E-state index contributed by atoms with van der Waals surface area (Å²) in [4.78, 5) is 0. The number of thioether (sulfide) groups is 1. The van der Waals surface area contributed by atoms with Gasteiger partial charge in [-0.05, 0) is 53.6 Å². The number of halogens is 2. The van der Waals surface area contributed by atoms with Gasteiger partial charge in [0.1, 0.15) is 5.75 Å². The van der Waals surface area contributed by atoms with Crippen LogP contribution < -0.4 is 10.1 Å². The summed E-state index contributed by atoms with van der Waals surface area (Å²) in [5.74, 6) is 0.929. The Hall–Kier alpha value is 0.290. The first kappa shape index (κ1) is 16.7. The Morgan fingerprint density at radius 2 is 2.15 bits per heavy atom. The van der Waals surface area contributed by atoms with E-state index in [0.717, 1.165) is 26.5 Å². The van der Waals surface area contributed by atoms with Gasteiger partial charge in [0.15, 0.2) is 0 Å². The van der Waals surface area contributed by atoms with E-state index in [-0.39, 0.29) is 0 Å². The summed E-state index contributed by atoms with van der Waals surface area (Å²) in [5.41, 5.74) is 1.19. The number of rotatable bonds is 5. The maximum atomic E-state index is 5.50. The topological polar surface area (TPSA) is 21.3 Å². The molecule has 0 radical (unpaired) electrons. The molecule has 0 bridgehead atoms. The monoisotopic (exact) mass is 421 g/mol. The molecule has 1 aliphatic rings. The second-order valence-corrected chi connectivity index (χ2v) is 8.09. The van der Waals surface area contributed by atoms with Crippen molar-refractivity contribution in [2.75, 3.05) is 13.4 Å². The van der Waals surface area contributed by atoms with Gasteiger partial charge >= 0.3 is 0 Å². The summed E-state index contributed by atoms with van der Waals surface area (Å²) in [7, 11) is 1.72. The van der Waals surface area contributed by atoms with Crippen LogP contribution in [0.2, 0.25) is 0 Å². The molecular weight excluding hydrogens is 402 g/mol. The van der Waals surface area contributed by atoms with Crippen molar-refractivity contribution in [3.63, 3.8) is 0 Å². The largest absolute Gasteiger partial charge is 0.495 e. The maximum Gasteiger partial charge on any atom is 0.137 e. The second-order valence-electron chi connectivity index (χ2n) is 5.18. The summed E-state index contributed by atoms with van der Waals surface area (Å²) >= 11 is 9.11. The van der Waals surface area contributed by atoms with Gasteiger partial charge in [-0.3, -0.25) is 0 Å². The smallest absolute Gasteiger partial charge is 0.137 e. The Balaban J connectivity index is 2.00. The van der Waals surface area contributed by atoms with Crippen LogP contribution in [-0.4, -0.2) is 24.7 Å². The van der Waals surface area contributed by atoms with Crippen molar-refractivity contribution in [1.82, 2.24) is 5.32 Å². The van der Waals surface area contributed by atoms with Gasteiger partial charge < -0.3 is 10.1 Å². The van der Waals surface area contributed by atoms with Crippen LogP contribution >= 0.6 is 43.6 Å². The van der Waals surface area contributed by atoms with E-state index in [1.165, 1.54) is 31.2 Å². The van der Waals surface area contributed by atoms with Crippen LogP contribution in [0.3, 0.4) is 0 Å². The molecular formula is C15H21Br2NOS. The van der Waals surface area contributed by atoms with Crippen LogP contribution in [0.5, 0.6) is 5.75 Å². The molecule has 0 saturated heterocycles. The lowest BCUT2D eigenvalue weighted by molar-refractivity contribution is 0.370. The third-order valence-corrected chi connectivity index (χ3v) is 5.97. The SMILES string of the molecule is COc1c(Br)cc(Br)cc1CNC1CCCC(SC)C1. The van der Waals surface area contributed by atoms with E-state index >= 15 is 0 Å². The van der Waals surface area contributed by atoms with E-state index in [4.69, 9.17) is 4.74 Å². The van der Waals surface area contributed by atoms with Gasteiger partial charge in [-0.15, -0.1) is 0 Å². The third kappa shape index (κ3) is 4.39. The second kappa shape index (κ2) is 8.06. The highest BCUT2D eigenvalue weighted by atomic mass is 79.9. The minimum Gasteiger partial charge on any atom is -0.495 e. The van der Waals surface area contributed by atoms with E-state index in [2.05, 4.69) is 49.5 Å². The predicted molar refractivity (Wildman–Crippen MR) is 94.8 cm³/mol. The van der Waals surface area contributed by atoms with Crippen molar-refractivity contribution < 1.29 is 4.74 Å². The number of nitrogens with one attached hydrogen (secondary N) is 1. The van der Waals surface area contributed by atoms with Gasteiger partial charge in [0.25, 0.3) is 0 Å². The molecule has 1 aliphatic carbocycles. The van der Waals surface area contributed by atoms with E-state index in [9.17, 15) is 0 Å². The fraction of sp³-hybridized carbons (Fsp3) is 0.600. The number of benzene rings is 1. The van der Waals surface area contributed by atoms with E-state index in [1.807, 2.05) is 17.8 Å². The van der Waals surface area contributed by atoms with Crippen LogP contribution in [0.4, 0.5) is 0 Å². The highest BCUT2D eigenvalue weighted by Crippen LogP contribution is 2.33. The Morgan fingerprint density at radius 3 is 2.85 bits per heavy atom. The van der Waals surface area contributed by atoms with Crippen LogP contribution in [0, 0.1) is 0 Å². The van der Waals surface area contributed by atoms with Crippen molar-refractivity contribution in [2.45, 2.75) is 43.5 Å². The van der Waals surface area contributed by atoms with Crippen LogP contribution in [-0.2, 0) is 6.54 Å². The minimum absolute atomic E-state index is 0.628. The average Bonchev–Trinajstić information content (AvgIpc) is 2.45. The maximum absolute atomic E-state index is 5.50. The molecule has 2 nitrogen and oxygen atoms in total. The molecule has 20 heavy (non-hydrogen) atoms. The zero-order chi connectivity index (χ0) is 14.5. The molecule has 2 atom stereocenters. The molecule has 5 heteroatoms. The van der Waals surface area contributed by atoms with Crippen LogP contribution in [0.15, 0.2) is 21.1 Å².